The van der Waals surface area contributed by atoms with Gasteiger partial charge in [-0.05, 0) is 12.0 Å². The first-order valence-electron chi connectivity index (χ1n) is 5.23. The molecule has 0 aliphatic rings. The molecule has 0 saturated carbocycles. The third-order valence-corrected chi connectivity index (χ3v) is 2.41. The number of hydrogen-bond donors (Lipinski definition) is 0. The lowest BCUT2D eigenvalue weighted by atomic mass is 10.1. The maximum absolute atomic E-state index is 4.38. The van der Waals surface area contributed by atoms with Crippen molar-refractivity contribution < 1.29 is 0 Å². The van der Waals surface area contributed by atoms with Crippen molar-refractivity contribution in [2.24, 2.45) is 0 Å². The normalized spacial score (nSPS) is 10.2. The van der Waals surface area contributed by atoms with E-state index < -0.39 is 0 Å². The van der Waals surface area contributed by atoms with Gasteiger partial charge in [0, 0.05) is 18.8 Å². The van der Waals surface area contributed by atoms with Crippen molar-refractivity contribution in [1.82, 2.24) is 9.97 Å². The third kappa shape index (κ3) is 2.40. The fraction of sp³-hybridized carbons (Fsp3) is 0.231. The largest absolute Gasteiger partial charge is 0.258 e. The van der Waals surface area contributed by atoms with E-state index in [9.17, 15) is 0 Å². The molecule has 0 fully saturated rings. The van der Waals surface area contributed by atoms with Crippen LogP contribution < -0.4 is 0 Å². The van der Waals surface area contributed by atoms with Gasteiger partial charge < -0.3 is 0 Å². The van der Waals surface area contributed by atoms with Crippen LogP contribution in [0.2, 0.25) is 0 Å². The Morgan fingerprint density at radius 3 is 2.27 bits per heavy atom. The molecule has 76 valence electrons. The Hall–Kier alpha value is -1.70. The summed E-state index contributed by atoms with van der Waals surface area (Å²) >= 11 is 0. The summed E-state index contributed by atoms with van der Waals surface area (Å²) in [6.07, 6.45) is 5.33. The van der Waals surface area contributed by atoms with Crippen LogP contribution in [0.3, 0.4) is 0 Å². The van der Waals surface area contributed by atoms with Gasteiger partial charge in [0.2, 0.25) is 0 Å². The van der Waals surface area contributed by atoms with Crippen LogP contribution in [0.25, 0.3) is 0 Å². The van der Waals surface area contributed by atoms with Crippen LogP contribution in [0.1, 0.15) is 23.9 Å². The van der Waals surface area contributed by atoms with Crippen molar-refractivity contribution in [1.29, 1.82) is 0 Å². The molecule has 15 heavy (non-hydrogen) atoms. The highest BCUT2D eigenvalue weighted by Gasteiger charge is 2.03. The van der Waals surface area contributed by atoms with E-state index in [-0.39, 0.29) is 0 Å². The molecule has 2 aromatic rings. The molecule has 2 rings (SSSR count). The Morgan fingerprint density at radius 1 is 0.933 bits per heavy atom. The van der Waals surface area contributed by atoms with E-state index in [0.717, 1.165) is 24.2 Å². The minimum Gasteiger partial charge on any atom is -0.258 e. The number of benzene rings is 1. The van der Waals surface area contributed by atoms with E-state index in [1.165, 1.54) is 5.56 Å². The molecule has 0 bridgehead atoms. The first kappa shape index (κ1) is 9.84. The summed E-state index contributed by atoms with van der Waals surface area (Å²) in [5, 5.41) is 0. The Bertz CT molecular complexity index is 424. The first-order valence-corrected chi connectivity index (χ1v) is 5.23. The van der Waals surface area contributed by atoms with E-state index in [4.69, 9.17) is 0 Å². The van der Waals surface area contributed by atoms with Gasteiger partial charge >= 0.3 is 0 Å². The Balaban J connectivity index is 2.24. The quantitative estimate of drug-likeness (QED) is 0.757. The summed E-state index contributed by atoms with van der Waals surface area (Å²) in [6.45, 7) is 2.11. The molecule has 0 radical (unpaired) electrons. The SMILES string of the molecule is CCc1nccnc1Cc1ccccc1. The molecule has 1 aromatic heterocycles. The predicted octanol–water partition coefficient (Wildman–Crippen LogP) is 2.63. The second-order valence-corrected chi connectivity index (χ2v) is 3.47. The number of rotatable bonds is 3. The van der Waals surface area contributed by atoms with E-state index in [1.807, 2.05) is 6.07 Å². The molecule has 0 saturated heterocycles. The third-order valence-electron chi connectivity index (χ3n) is 2.41. The summed E-state index contributed by atoms with van der Waals surface area (Å²) in [6, 6.07) is 10.4. The van der Waals surface area contributed by atoms with E-state index >= 15 is 0 Å². The highest BCUT2D eigenvalue weighted by atomic mass is 14.8. The van der Waals surface area contributed by atoms with Gasteiger partial charge in [-0.1, -0.05) is 37.3 Å². The van der Waals surface area contributed by atoms with Crippen LogP contribution in [0.15, 0.2) is 42.7 Å². The monoisotopic (exact) mass is 198 g/mol. The molecule has 2 nitrogen and oxygen atoms in total. The van der Waals surface area contributed by atoms with Gasteiger partial charge in [-0.15, -0.1) is 0 Å². The summed E-state index contributed by atoms with van der Waals surface area (Å²) in [5.41, 5.74) is 3.47. The summed E-state index contributed by atoms with van der Waals surface area (Å²) in [4.78, 5) is 8.71. The number of aromatic nitrogens is 2. The van der Waals surface area contributed by atoms with Gasteiger partial charge in [0.15, 0.2) is 0 Å². The van der Waals surface area contributed by atoms with Crippen LogP contribution in [0.4, 0.5) is 0 Å². The molecule has 0 atom stereocenters. The average molecular weight is 198 g/mol. The number of aryl methyl sites for hydroxylation is 1. The smallest absolute Gasteiger partial charge is 0.0662 e. The summed E-state index contributed by atoms with van der Waals surface area (Å²) in [5.74, 6) is 0. The summed E-state index contributed by atoms with van der Waals surface area (Å²) < 4.78 is 0. The van der Waals surface area contributed by atoms with Gasteiger partial charge in [-0.25, -0.2) is 0 Å². The Labute approximate surface area is 90.0 Å². The maximum Gasteiger partial charge on any atom is 0.0662 e. The van der Waals surface area contributed by atoms with Crippen molar-refractivity contribution in [3.05, 3.63) is 59.7 Å². The molecule has 0 aliphatic carbocycles. The number of nitrogens with zero attached hydrogens (tertiary/aromatic N) is 2. The molecule has 0 aliphatic heterocycles. The second-order valence-electron chi connectivity index (χ2n) is 3.47. The molecule has 0 N–H and O–H groups in total. The van der Waals surface area contributed by atoms with Gasteiger partial charge in [-0.3, -0.25) is 9.97 Å². The van der Waals surface area contributed by atoms with E-state index in [1.54, 1.807) is 12.4 Å². The van der Waals surface area contributed by atoms with E-state index in [0.29, 0.717) is 0 Å². The zero-order valence-electron chi connectivity index (χ0n) is 8.85. The van der Waals surface area contributed by atoms with Crippen LogP contribution in [0.5, 0.6) is 0 Å². The predicted molar refractivity (Wildman–Crippen MR) is 60.7 cm³/mol. The maximum atomic E-state index is 4.38. The molecular formula is C13H14N2. The zero-order valence-corrected chi connectivity index (χ0v) is 8.85. The van der Waals surface area contributed by atoms with Crippen LogP contribution in [0, 0.1) is 0 Å². The van der Waals surface area contributed by atoms with E-state index in [2.05, 4.69) is 41.2 Å². The van der Waals surface area contributed by atoms with Crippen molar-refractivity contribution in [3.8, 4) is 0 Å². The second kappa shape index (κ2) is 4.69. The average Bonchev–Trinajstić information content (AvgIpc) is 2.31. The molecule has 0 amide bonds. The molecule has 2 heteroatoms. The summed E-state index contributed by atoms with van der Waals surface area (Å²) in [7, 11) is 0. The fourth-order valence-corrected chi connectivity index (χ4v) is 1.63. The minimum atomic E-state index is 0.873. The lowest BCUT2D eigenvalue weighted by Crippen LogP contribution is -2.00. The Morgan fingerprint density at radius 2 is 1.60 bits per heavy atom. The first-order chi connectivity index (χ1) is 7.40. The van der Waals surface area contributed by atoms with Gasteiger partial charge in [-0.2, -0.15) is 0 Å². The highest BCUT2D eigenvalue weighted by molar-refractivity contribution is 5.23. The van der Waals surface area contributed by atoms with Crippen LogP contribution in [-0.2, 0) is 12.8 Å². The minimum absolute atomic E-state index is 0.873. The topological polar surface area (TPSA) is 25.8 Å². The number of hydrogen-bond acceptors (Lipinski definition) is 2. The van der Waals surface area contributed by atoms with Gasteiger partial charge in [0.05, 0.1) is 11.4 Å². The molecular weight excluding hydrogens is 184 g/mol. The lowest BCUT2D eigenvalue weighted by Gasteiger charge is -2.04. The molecule has 0 spiro atoms. The lowest BCUT2D eigenvalue weighted by molar-refractivity contribution is 0.920. The Kier molecular flexibility index (Phi) is 3.08. The molecule has 1 aromatic carbocycles. The standard InChI is InChI=1S/C13H14N2/c1-2-12-13(15-9-8-14-12)10-11-6-4-3-5-7-11/h3-9H,2,10H2,1H3. The van der Waals surface area contributed by atoms with Crippen molar-refractivity contribution >= 4 is 0 Å². The van der Waals surface area contributed by atoms with Crippen LogP contribution in [-0.4, -0.2) is 9.97 Å². The van der Waals surface area contributed by atoms with Gasteiger partial charge in [0.1, 0.15) is 0 Å². The fourth-order valence-electron chi connectivity index (χ4n) is 1.63. The van der Waals surface area contributed by atoms with Crippen molar-refractivity contribution in [3.63, 3.8) is 0 Å². The van der Waals surface area contributed by atoms with Crippen LogP contribution >= 0.6 is 0 Å². The molecule has 0 unspecified atom stereocenters. The zero-order chi connectivity index (χ0) is 10.5. The highest BCUT2D eigenvalue weighted by Crippen LogP contribution is 2.09. The van der Waals surface area contributed by atoms with Gasteiger partial charge in [0.25, 0.3) is 0 Å². The van der Waals surface area contributed by atoms with Crippen molar-refractivity contribution in [2.45, 2.75) is 19.8 Å². The van der Waals surface area contributed by atoms with Crippen molar-refractivity contribution in [2.75, 3.05) is 0 Å². The molecule has 1 heterocycles.